The van der Waals surface area contributed by atoms with Crippen LogP contribution in [0.25, 0.3) is 6.08 Å². The van der Waals surface area contributed by atoms with Crippen LogP contribution < -0.4 is 19.6 Å². The maximum Gasteiger partial charge on any atom is 0.178 e. The van der Waals surface area contributed by atoms with Crippen molar-refractivity contribution in [1.82, 2.24) is 15.0 Å². The van der Waals surface area contributed by atoms with E-state index in [-0.39, 0.29) is 28.6 Å². The fourth-order valence-electron chi connectivity index (χ4n) is 9.28. The summed E-state index contributed by atoms with van der Waals surface area (Å²) in [7, 11) is 0. The van der Waals surface area contributed by atoms with Crippen molar-refractivity contribution >= 4 is 46.3 Å². The third-order valence-corrected chi connectivity index (χ3v) is 11.9. The summed E-state index contributed by atoms with van der Waals surface area (Å²) < 4.78 is 0. The van der Waals surface area contributed by atoms with Gasteiger partial charge < -0.3 is 19.6 Å². The highest BCUT2D eigenvalue weighted by Gasteiger charge is 2.77. The number of aromatic nitrogens is 3. The number of pyridine rings is 1. The van der Waals surface area contributed by atoms with Gasteiger partial charge in [-0.3, -0.25) is 0 Å². The van der Waals surface area contributed by atoms with Crippen LogP contribution in [0.5, 0.6) is 0 Å². The van der Waals surface area contributed by atoms with E-state index in [0.717, 1.165) is 28.8 Å². The number of hydrogen-bond acceptors (Lipinski definition) is 7. The predicted molar refractivity (Wildman–Crippen MR) is 205 cm³/mol. The maximum atomic E-state index is 5.40. The molecule has 0 radical (unpaired) electrons. The molecule has 4 unspecified atom stereocenters. The minimum Gasteiger partial charge on any atom is -0.346 e. The summed E-state index contributed by atoms with van der Waals surface area (Å²) in [6, 6.07) is 33.1. The standard InChI is InChI=1S/C43H45N7/c1-27(2)47-28(3)48(37-34(47)23-16-24-44-37)32-21-14-12-17-29(32)25-35-42(7)31-20-13-15-22-33(31)50-38-39(46-36(26-45-38)41(4,5)6)49(40(50)43(35,42)8)30-18-10-9-11-19-30/h9-28,40H,1-8H3/b35-25+. The quantitative estimate of drug-likeness (QED) is 0.190. The van der Waals surface area contributed by atoms with Crippen LogP contribution in [-0.4, -0.2) is 33.3 Å². The number of benzene rings is 3. The van der Waals surface area contributed by atoms with Crippen LogP contribution in [0.2, 0.25) is 0 Å². The molecular formula is C43H45N7. The lowest BCUT2D eigenvalue weighted by atomic mass is 9.81. The molecule has 9 rings (SSSR count). The lowest BCUT2D eigenvalue weighted by Crippen LogP contribution is -2.50. The summed E-state index contributed by atoms with van der Waals surface area (Å²) in [4.78, 5) is 25.4. The Balaban J connectivity index is 1.25. The third-order valence-electron chi connectivity index (χ3n) is 11.9. The zero-order chi connectivity index (χ0) is 34.7. The normalized spacial score (nSPS) is 25.4. The number of hydrogen-bond donors (Lipinski definition) is 0. The Hall–Kier alpha value is -5.17. The molecule has 4 aliphatic rings. The molecular weight excluding hydrogens is 615 g/mol. The molecule has 0 N–H and O–H groups in total. The fraction of sp³-hybridized carbons (Fsp3) is 0.326. The second-order valence-corrected chi connectivity index (χ2v) is 15.9. The maximum absolute atomic E-state index is 5.40. The van der Waals surface area contributed by atoms with Crippen molar-refractivity contribution in [2.75, 3.05) is 19.6 Å². The molecule has 4 atom stereocenters. The van der Waals surface area contributed by atoms with E-state index in [9.17, 15) is 0 Å². The van der Waals surface area contributed by atoms with Crippen LogP contribution in [0.4, 0.5) is 40.2 Å². The first kappa shape index (κ1) is 30.9. The van der Waals surface area contributed by atoms with Gasteiger partial charge in [0.2, 0.25) is 0 Å². The highest BCUT2D eigenvalue weighted by molar-refractivity contribution is 5.93. The lowest BCUT2D eigenvalue weighted by Gasteiger charge is -2.43. The van der Waals surface area contributed by atoms with Crippen molar-refractivity contribution in [2.24, 2.45) is 5.41 Å². The SMILES string of the molecule is CC(C)N1c2cccnc2N(c2ccccc2/C=C2\C3(C)c4ccccc4N4c5ncc(C(C)(C)C)nc5N(c5ccccc5)C4C23C)C1C. The Morgan fingerprint density at radius 1 is 0.720 bits per heavy atom. The third kappa shape index (κ3) is 3.94. The molecule has 0 saturated heterocycles. The van der Waals surface area contributed by atoms with E-state index in [1.165, 1.54) is 33.8 Å². The largest absolute Gasteiger partial charge is 0.346 e. The van der Waals surface area contributed by atoms with E-state index in [2.05, 4.69) is 166 Å². The second kappa shape index (κ2) is 10.4. The summed E-state index contributed by atoms with van der Waals surface area (Å²) in [6.45, 7) is 18.3. The molecule has 5 heterocycles. The van der Waals surface area contributed by atoms with E-state index < -0.39 is 0 Å². The van der Waals surface area contributed by atoms with Crippen molar-refractivity contribution in [2.45, 2.75) is 84.6 Å². The monoisotopic (exact) mass is 659 g/mol. The van der Waals surface area contributed by atoms with Gasteiger partial charge in [-0.2, -0.15) is 0 Å². The highest BCUT2D eigenvalue weighted by atomic mass is 15.5. The highest BCUT2D eigenvalue weighted by Crippen LogP contribution is 2.78. The molecule has 252 valence electrons. The van der Waals surface area contributed by atoms with Crippen molar-refractivity contribution < 1.29 is 0 Å². The smallest absolute Gasteiger partial charge is 0.178 e. The van der Waals surface area contributed by atoms with Crippen molar-refractivity contribution in [1.29, 1.82) is 0 Å². The molecule has 5 aromatic rings. The topological polar surface area (TPSA) is 51.6 Å². The molecule has 0 spiro atoms. The predicted octanol–water partition coefficient (Wildman–Crippen LogP) is 9.87. The zero-order valence-corrected chi connectivity index (χ0v) is 30.3. The Bertz CT molecular complexity index is 2190. The number of fused-ring (bicyclic) bond motifs is 9. The summed E-state index contributed by atoms with van der Waals surface area (Å²) in [6.07, 6.45) is 6.44. The Labute approximate surface area is 295 Å². The van der Waals surface area contributed by atoms with Gasteiger partial charge in [-0.25, -0.2) is 15.0 Å². The summed E-state index contributed by atoms with van der Waals surface area (Å²) in [5.74, 6) is 2.84. The second-order valence-electron chi connectivity index (χ2n) is 15.9. The first-order valence-electron chi connectivity index (χ1n) is 17.9. The summed E-state index contributed by atoms with van der Waals surface area (Å²) in [5.41, 5.74) is 9.00. The van der Waals surface area contributed by atoms with Gasteiger partial charge in [0.05, 0.1) is 23.3 Å². The molecule has 2 aromatic heterocycles. The van der Waals surface area contributed by atoms with E-state index >= 15 is 0 Å². The van der Waals surface area contributed by atoms with Gasteiger partial charge in [0.25, 0.3) is 0 Å². The van der Waals surface area contributed by atoms with Gasteiger partial charge >= 0.3 is 0 Å². The van der Waals surface area contributed by atoms with E-state index in [1.807, 2.05) is 18.5 Å². The minimum absolute atomic E-state index is 0.0574. The van der Waals surface area contributed by atoms with Crippen LogP contribution in [-0.2, 0) is 10.8 Å². The van der Waals surface area contributed by atoms with Gasteiger partial charge in [0.1, 0.15) is 12.3 Å². The molecule has 7 nitrogen and oxygen atoms in total. The van der Waals surface area contributed by atoms with Crippen LogP contribution in [0.1, 0.15) is 72.2 Å². The molecule has 3 aromatic carbocycles. The fourth-order valence-corrected chi connectivity index (χ4v) is 9.28. The van der Waals surface area contributed by atoms with E-state index in [1.54, 1.807) is 0 Å². The molecule has 1 fully saturated rings. The van der Waals surface area contributed by atoms with E-state index in [4.69, 9.17) is 15.0 Å². The van der Waals surface area contributed by atoms with Gasteiger partial charge in [-0.1, -0.05) is 95.3 Å². The first-order valence-corrected chi connectivity index (χ1v) is 17.9. The molecule has 7 heteroatoms. The molecule has 1 saturated carbocycles. The van der Waals surface area contributed by atoms with Crippen LogP contribution in [0, 0.1) is 5.41 Å². The number of anilines is 7. The Kier molecular flexibility index (Phi) is 6.43. The van der Waals surface area contributed by atoms with Crippen LogP contribution >= 0.6 is 0 Å². The van der Waals surface area contributed by atoms with Crippen LogP contribution in [0.3, 0.4) is 0 Å². The van der Waals surface area contributed by atoms with Crippen molar-refractivity contribution in [3.05, 3.63) is 126 Å². The van der Waals surface area contributed by atoms with Crippen LogP contribution in [0.15, 0.2) is 109 Å². The molecule has 1 aliphatic carbocycles. The summed E-state index contributed by atoms with van der Waals surface area (Å²) >= 11 is 0. The first-order chi connectivity index (χ1) is 24.0. The minimum atomic E-state index is -0.259. The van der Waals surface area contributed by atoms with Gasteiger partial charge in [0.15, 0.2) is 17.5 Å². The Morgan fingerprint density at radius 2 is 1.40 bits per heavy atom. The van der Waals surface area contributed by atoms with Gasteiger partial charge in [0, 0.05) is 39.9 Å². The number of para-hydroxylation sites is 3. The van der Waals surface area contributed by atoms with E-state index in [0.29, 0.717) is 6.04 Å². The molecule has 3 aliphatic heterocycles. The lowest BCUT2D eigenvalue weighted by molar-refractivity contribution is 0.376. The van der Waals surface area contributed by atoms with Crippen molar-refractivity contribution in [3.8, 4) is 0 Å². The van der Waals surface area contributed by atoms with Gasteiger partial charge in [-0.05, 0) is 73.9 Å². The number of rotatable bonds is 4. The number of nitrogens with zero attached hydrogens (tertiary/aromatic N) is 7. The van der Waals surface area contributed by atoms with Gasteiger partial charge in [-0.15, -0.1) is 0 Å². The molecule has 0 bridgehead atoms. The van der Waals surface area contributed by atoms with Crippen molar-refractivity contribution in [3.63, 3.8) is 0 Å². The zero-order valence-electron chi connectivity index (χ0n) is 30.3. The Morgan fingerprint density at radius 3 is 2.14 bits per heavy atom. The molecule has 50 heavy (non-hydrogen) atoms. The average Bonchev–Trinajstić information content (AvgIpc) is 3.34. The summed E-state index contributed by atoms with van der Waals surface area (Å²) in [5, 5.41) is 0. The molecule has 0 amide bonds. The average molecular weight is 660 g/mol.